The van der Waals surface area contributed by atoms with Gasteiger partial charge in [0.25, 0.3) is 5.91 Å². The number of anilines is 5. The Labute approximate surface area is 324 Å². The van der Waals surface area contributed by atoms with Crippen molar-refractivity contribution in [1.29, 1.82) is 0 Å². The normalized spacial score (nSPS) is 18.0. The van der Waals surface area contributed by atoms with Gasteiger partial charge in [0.2, 0.25) is 11.8 Å². The lowest BCUT2D eigenvalue weighted by Crippen LogP contribution is -2.47. The van der Waals surface area contributed by atoms with E-state index in [9.17, 15) is 14.4 Å². The van der Waals surface area contributed by atoms with Crippen LogP contribution in [0.1, 0.15) is 53.7 Å². The summed E-state index contributed by atoms with van der Waals surface area (Å²) < 4.78 is 1.51. The average molecular weight is 762 g/mol. The number of nitrogens with two attached hydrogens (primary N) is 1. The minimum atomic E-state index is -0.589. The highest BCUT2D eigenvalue weighted by Gasteiger charge is 2.29. The summed E-state index contributed by atoms with van der Waals surface area (Å²) in [4.78, 5) is 51.8. The van der Waals surface area contributed by atoms with Crippen LogP contribution < -0.4 is 31.5 Å². The van der Waals surface area contributed by atoms with Gasteiger partial charge in [0.1, 0.15) is 11.7 Å². The third-order valence-corrected chi connectivity index (χ3v) is 10.7. The number of piperidine rings is 1. The number of aromatic nitrogens is 4. The zero-order chi connectivity index (χ0) is 38.1. The Kier molecular flexibility index (Phi) is 10.3. The summed E-state index contributed by atoms with van der Waals surface area (Å²) in [5.41, 5.74) is 14.3. The Hall–Kier alpha value is -5.73. The Morgan fingerprint density at radius 1 is 0.964 bits per heavy atom. The fourth-order valence-electron chi connectivity index (χ4n) is 7.33. The van der Waals surface area contributed by atoms with Crippen molar-refractivity contribution in [2.45, 2.75) is 51.1 Å². The van der Waals surface area contributed by atoms with E-state index >= 15 is 0 Å². The van der Waals surface area contributed by atoms with Crippen molar-refractivity contribution >= 4 is 63.5 Å². The highest BCUT2D eigenvalue weighted by molar-refractivity contribution is 6.33. The molecule has 4 aliphatic rings. The number of hydrogen-bond donors (Lipinski definition) is 4. The molecule has 9 rings (SSSR count). The van der Waals surface area contributed by atoms with Crippen molar-refractivity contribution in [3.8, 4) is 11.3 Å². The molecule has 284 valence electrons. The maximum absolute atomic E-state index is 12.2. The van der Waals surface area contributed by atoms with E-state index in [2.05, 4.69) is 59.9 Å². The summed E-state index contributed by atoms with van der Waals surface area (Å²) in [5.74, 6) is -0.465. The van der Waals surface area contributed by atoms with E-state index in [0.29, 0.717) is 35.0 Å². The van der Waals surface area contributed by atoms with E-state index in [-0.39, 0.29) is 17.5 Å². The molecular weight excluding hydrogens is 718 g/mol. The van der Waals surface area contributed by atoms with Crippen molar-refractivity contribution in [3.05, 3.63) is 88.8 Å². The molecular formula is C40H44ClN11O3. The Morgan fingerprint density at radius 2 is 1.78 bits per heavy atom. The third-order valence-electron chi connectivity index (χ3n) is 10.4. The number of nitrogens with zero attached hydrogens (tertiary/aromatic N) is 7. The van der Waals surface area contributed by atoms with Crippen LogP contribution >= 0.6 is 11.6 Å². The zero-order valence-corrected chi connectivity index (χ0v) is 31.5. The van der Waals surface area contributed by atoms with Gasteiger partial charge in [-0.25, -0.2) is 9.50 Å². The highest BCUT2D eigenvalue weighted by atomic mass is 35.5. The fourth-order valence-corrected chi connectivity index (χ4v) is 7.56. The summed E-state index contributed by atoms with van der Waals surface area (Å²) in [7, 11) is 1.81. The summed E-state index contributed by atoms with van der Waals surface area (Å²) in [6.07, 6.45) is 9.40. The summed E-state index contributed by atoms with van der Waals surface area (Å²) in [6, 6.07) is 17.9. The minimum absolute atomic E-state index is 0.226. The lowest BCUT2D eigenvalue weighted by Gasteiger charge is -2.36. The molecule has 14 nitrogen and oxygen atoms in total. The van der Waals surface area contributed by atoms with E-state index < -0.39 is 11.9 Å². The number of hydrogen-bond acceptors (Lipinski definition) is 11. The topological polar surface area (TPSA) is 166 Å². The standard InChI is InChI=1S/C37H38ClN11O3.C3H6/c1-40-30-19-33(45-49-32(35(39)51)20-42-36(30)49)48-12-10-25-24(3-2-4-31(25)48)29-17-22(9-11-41-29)21-46-13-15-47(16-14-46)23-5-6-27(26(38)18-23)43-28-7-8-34(50)44-37(28)52;1-2-3-1/h2-6,9,11,17-20,28,40,43H,7-8,10,12-16,21H2,1H3,(H2,39,51)(H,44,50,52);1-3H2. The van der Waals surface area contributed by atoms with Crippen LogP contribution in [0.4, 0.5) is 28.6 Å². The molecule has 3 fully saturated rings. The largest absolute Gasteiger partial charge is 0.385 e. The summed E-state index contributed by atoms with van der Waals surface area (Å²) >= 11 is 6.63. The van der Waals surface area contributed by atoms with Gasteiger partial charge in [-0.1, -0.05) is 43.0 Å². The van der Waals surface area contributed by atoms with Gasteiger partial charge in [-0.2, -0.15) is 0 Å². The fraction of sp³-hybridized carbons (Fsp3) is 0.350. The number of imidazole rings is 1. The second-order valence-corrected chi connectivity index (χ2v) is 14.7. The maximum atomic E-state index is 12.2. The first-order valence-electron chi connectivity index (χ1n) is 18.8. The number of nitrogens with one attached hydrogen (secondary N) is 3. The van der Waals surface area contributed by atoms with Crippen LogP contribution in [0.5, 0.6) is 0 Å². The lowest BCUT2D eigenvalue weighted by molar-refractivity contribution is -0.133. The summed E-state index contributed by atoms with van der Waals surface area (Å²) in [6.45, 7) is 5.02. The van der Waals surface area contributed by atoms with E-state index in [1.54, 1.807) is 0 Å². The zero-order valence-electron chi connectivity index (χ0n) is 30.7. The second-order valence-electron chi connectivity index (χ2n) is 14.3. The molecule has 1 atom stereocenters. The van der Waals surface area contributed by atoms with Crippen molar-refractivity contribution in [2.75, 3.05) is 60.2 Å². The Balaban J connectivity index is 0.00000136. The average Bonchev–Trinajstić information content (AvgIpc) is 3.91. The molecule has 1 unspecified atom stereocenters. The number of carbonyl (C=O) groups is 3. The number of halogens is 1. The first kappa shape index (κ1) is 36.3. The van der Waals surface area contributed by atoms with Gasteiger partial charge in [0, 0.05) is 81.9 Å². The van der Waals surface area contributed by atoms with Crippen LogP contribution in [-0.2, 0) is 22.6 Å². The van der Waals surface area contributed by atoms with E-state index in [1.807, 2.05) is 43.6 Å². The number of pyridine rings is 1. The lowest BCUT2D eigenvalue weighted by atomic mass is 10.0. The van der Waals surface area contributed by atoms with Gasteiger partial charge in [-0.3, -0.25) is 29.6 Å². The number of amides is 3. The first-order valence-corrected chi connectivity index (χ1v) is 19.2. The number of primary amides is 1. The molecule has 5 N–H and O–H groups in total. The summed E-state index contributed by atoms with van der Waals surface area (Å²) in [5, 5.41) is 14.0. The van der Waals surface area contributed by atoms with Crippen LogP contribution in [-0.4, -0.2) is 88.0 Å². The molecule has 1 saturated carbocycles. The molecule has 6 heterocycles. The number of piperazine rings is 1. The second kappa shape index (κ2) is 15.6. The molecule has 3 aromatic heterocycles. The van der Waals surface area contributed by atoms with Crippen molar-refractivity contribution in [2.24, 2.45) is 5.73 Å². The SMILES string of the molecule is C1CC1.CNc1cc(N2CCc3c(-c4cc(CN5CCN(c6ccc(NC7CCC(=O)NC7=O)c(Cl)c6)CC5)ccn4)cccc32)nn2c(C(N)=O)cnc12. The minimum Gasteiger partial charge on any atom is -0.385 e. The highest BCUT2D eigenvalue weighted by Crippen LogP contribution is 2.40. The van der Waals surface area contributed by atoms with Gasteiger partial charge in [-0.15, -0.1) is 5.10 Å². The molecule has 55 heavy (non-hydrogen) atoms. The number of benzene rings is 2. The number of carbonyl (C=O) groups excluding carboxylic acids is 3. The molecule has 2 saturated heterocycles. The number of fused-ring (bicyclic) bond motifs is 2. The molecule has 0 bridgehead atoms. The molecule has 0 spiro atoms. The van der Waals surface area contributed by atoms with Gasteiger partial charge in [0.05, 0.1) is 28.3 Å². The van der Waals surface area contributed by atoms with E-state index in [4.69, 9.17) is 27.4 Å². The smallest absolute Gasteiger partial charge is 0.269 e. The predicted octanol–water partition coefficient (Wildman–Crippen LogP) is 4.99. The van der Waals surface area contributed by atoms with Crippen LogP contribution in [0, 0.1) is 0 Å². The number of imide groups is 1. The van der Waals surface area contributed by atoms with Gasteiger partial charge in [-0.05, 0) is 60.4 Å². The van der Waals surface area contributed by atoms with E-state index in [1.165, 1.54) is 41.1 Å². The van der Waals surface area contributed by atoms with Gasteiger partial charge in [0.15, 0.2) is 11.5 Å². The van der Waals surface area contributed by atoms with Crippen LogP contribution in [0.25, 0.3) is 16.9 Å². The monoisotopic (exact) mass is 761 g/mol. The third kappa shape index (κ3) is 7.78. The van der Waals surface area contributed by atoms with E-state index in [0.717, 1.165) is 74.0 Å². The van der Waals surface area contributed by atoms with Gasteiger partial charge < -0.3 is 26.2 Å². The predicted molar refractivity (Wildman–Crippen MR) is 214 cm³/mol. The molecule has 1 aliphatic carbocycles. The van der Waals surface area contributed by atoms with Crippen molar-refractivity contribution in [1.82, 2.24) is 29.8 Å². The maximum Gasteiger partial charge on any atom is 0.269 e. The van der Waals surface area contributed by atoms with Crippen LogP contribution in [0.15, 0.2) is 67.0 Å². The van der Waals surface area contributed by atoms with Crippen LogP contribution in [0.2, 0.25) is 5.02 Å². The quantitative estimate of drug-likeness (QED) is 0.150. The molecule has 15 heteroatoms. The Bertz CT molecular complexity index is 2260. The first-order chi connectivity index (χ1) is 26.7. The molecule has 0 radical (unpaired) electrons. The molecule has 3 aliphatic heterocycles. The molecule has 2 aromatic carbocycles. The molecule has 5 aromatic rings. The van der Waals surface area contributed by atoms with Gasteiger partial charge >= 0.3 is 0 Å². The molecule has 3 amide bonds. The van der Waals surface area contributed by atoms with Crippen LogP contribution in [0.3, 0.4) is 0 Å². The number of rotatable bonds is 9. The van der Waals surface area contributed by atoms with Crippen molar-refractivity contribution in [3.63, 3.8) is 0 Å². The Morgan fingerprint density at radius 3 is 2.51 bits per heavy atom. The van der Waals surface area contributed by atoms with Crippen molar-refractivity contribution < 1.29 is 14.4 Å².